The topological polar surface area (TPSA) is 30.8 Å². The Balaban J connectivity index is 1.82. The van der Waals surface area contributed by atoms with Crippen molar-refractivity contribution in [1.82, 2.24) is 0 Å². The third-order valence-electron chi connectivity index (χ3n) is 2.69. The van der Waals surface area contributed by atoms with Gasteiger partial charge in [-0.15, -0.1) is 0 Å². The van der Waals surface area contributed by atoms with E-state index in [4.69, 9.17) is 9.47 Å². The van der Waals surface area contributed by atoms with Crippen molar-refractivity contribution in [2.45, 2.75) is 25.8 Å². The zero-order chi connectivity index (χ0) is 11.9. The molecule has 92 valence electrons. The highest BCUT2D eigenvalue weighted by atomic mass is 16.5. The second kappa shape index (κ2) is 6.40. The summed E-state index contributed by atoms with van der Waals surface area (Å²) in [6, 6.07) is 10.2. The van der Waals surface area contributed by atoms with Crippen LogP contribution in [0.25, 0.3) is 0 Å². The first-order valence-electron chi connectivity index (χ1n) is 6.24. The molecule has 3 nitrogen and oxygen atoms in total. The van der Waals surface area contributed by atoms with E-state index in [0.717, 1.165) is 24.5 Å². The minimum absolute atomic E-state index is 0.155. The molecule has 3 heteroatoms. The van der Waals surface area contributed by atoms with Crippen LogP contribution in [-0.4, -0.2) is 31.8 Å². The summed E-state index contributed by atoms with van der Waals surface area (Å²) in [6.45, 7) is 4.28. The molecule has 0 aliphatic carbocycles. The van der Waals surface area contributed by atoms with E-state index in [9.17, 15) is 0 Å². The van der Waals surface area contributed by atoms with Crippen molar-refractivity contribution in [3.05, 3.63) is 35.9 Å². The Kier molecular flexibility index (Phi) is 4.56. The molecule has 2 rings (SSSR count). The first kappa shape index (κ1) is 12.1. The summed E-state index contributed by atoms with van der Waals surface area (Å²) in [5.74, 6) is 0.745. The molecular formula is C14H19NO2. The van der Waals surface area contributed by atoms with Gasteiger partial charge >= 0.3 is 0 Å². The number of aliphatic imine (C=N–C) groups is 1. The van der Waals surface area contributed by atoms with Crippen molar-refractivity contribution >= 4 is 5.90 Å². The molecule has 0 amide bonds. The Morgan fingerprint density at radius 1 is 1.35 bits per heavy atom. The molecule has 1 atom stereocenters. The van der Waals surface area contributed by atoms with E-state index >= 15 is 0 Å². The predicted molar refractivity (Wildman–Crippen MR) is 68.4 cm³/mol. The summed E-state index contributed by atoms with van der Waals surface area (Å²) in [7, 11) is 0. The number of hydrogen-bond donors (Lipinski definition) is 0. The molecule has 0 spiro atoms. The second-order valence-corrected chi connectivity index (χ2v) is 4.19. The molecule has 1 aromatic carbocycles. The first-order valence-corrected chi connectivity index (χ1v) is 6.24. The lowest BCUT2D eigenvalue weighted by Gasteiger charge is -2.05. The van der Waals surface area contributed by atoms with Gasteiger partial charge in [0.2, 0.25) is 5.90 Å². The van der Waals surface area contributed by atoms with Crippen molar-refractivity contribution in [3.8, 4) is 0 Å². The van der Waals surface area contributed by atoms with Gasteiger partial charge in [0.15, 0.2) is 0 Å². The Hall–Kier alpha value is -1.35. The Bertz CT molecular complexity index is 362. The number of nitrogens with zero attached hydrogens (tertiary/aromatic N) is 1. The molecular weight excluding hydrogens is 214 g/mol. The summed E-state index contributed by atoms with van der Waals surface area (Å²) in [4.78, 5) is 4.53. The molecule has 1 aromatic rings. The Labute approximate surface area is 102 Å². The van der Waals surface area contributed by atoms with Gasteiger partial charge in [-0.25, -0.2) is 4.99 Å². The fourth-order valence-electron chi connectivity index (χ4n) is 1.71. The van der Waals surface area contributed by atoms with Gasteiger partial charge in [0, 0.05) is 12.2 Å². The normalized spacial score (nSPS) is 18.9. The van der Waals surface area contributed by atoms with Gasteiger partial charge in [0.25, 0.3) is 0 Å². The molecule has 1 aliphatic rings. The molecule has 0 fully saturated rings. The van der Waals surface area contributed by atoms with Crippen LogP contribution in [0, 0.1) is 0 Å². The standard InChI is InChI=1S/C14H19NO2/c1-2-3-9-16-10-13-11-17-14(15-13)12-7-5-4-6-8-12/h4-8,13H,2-3,9-11H2,1H3. The lowest BCUT2D eigenvalue weighted by atomic mass is 10.2. The van der Waals surface area contributed by atoms with Crippen LogP contribution < -0.4 is 0 Å². The number of rotatable bonds is 6. The van der Waals surface area contributed by atoms with E-state index in [0.29, 0.717) is 13.2 Å². The Morgan fingerprint density at radius 3 is 2.94 bits per heavy atom. The SMILES string of the molecule is CCCCOCC1COC(c2ccccc2)=N1. The average molecular weight is 233 g/mol. The average Bonchev–Trinajstić information content (AvgIpc) is 2.85. The highest BCUT2D eigenvalue weighted by Gasteiger charge is 2.19. The molecule has 0 aromatic heterocycles. The smallest absolute Gasteiger partial charge is 0.216 e. The van der Waals surface area contributed by atoms with Gasteiger partial charge in [-0.2, -0.15) is 0 Å². The number of benzene rings is 1. The number of hydrogen-bond acceptors (Lipinski definition) is 3. The molecule has 0 N–H and O–H groups in total. The Morgan fingerprint density at radius 2 is 2.18 bits per heavy atom. The summed E-state index contributed by atoms with van der Waals surface area (Å²) in [5.41, 5.74) is 1.04. The van der Waals surface area contributed by atoms with Gasteiger partial charge in [-0.05, 0) is 18.6 Å². The van der Waals surface area contributed by atoms with E-state index < -0.39 is 0 Å². The van der Waals surface area contributed by atoms with Crippen LogP contribution in [0.5, 0.6) is 0 Å². The molecule has 0 saturated carbocycles. The summed E-state index contributed by atoms with van der Waals surface area (Å²) < 4.78 is 11.1. The van der Waals surface area contributed by atoms with Crippen molar-refractivity contribution in [2.24, 2.45) is 4.99 Å². The minimum Gasteiger partial charge on any atom is -0.475 e. The van der Waals surface area contributed by atoms with Crippen LogP contribution in [0.2, 0.25) is 0 Å². The number of ether oxygens (including phenoxy) is 2. The molecule has 0 saturated heterocycles. The number of unbranched alkanes of at least 4 members (excludes halogenated alkanes) is 1. The molecule has 0 bridgehead atoms. The van der Waals surface area contributed by atoms with E-state index in [1.165, 1.54) is 6.42 Å². The van der Waals surface area contributed by atoms with Crippen molar-refractivity contribution < 1.29 is 9.47 Å². The lowest BCUT2D eigenvalue weighted by Crippen LogP contribution is -2.15. The van der Waals surface area contributed by atoms with Gasteiger partial charge in [0.05, 0.1) is 6.61 Å². The lowest BCUT2D eigenvalue weighted by molar-refractivity contribution is 0.110. The monoisotopic (exact) mass is 233 g/mol. The molecule has 0 radical (unpaired) electrons. The maximum absolute atomic E-state index is 5.58. The minimum atomic E-state index is 0.155. The van der Waals surface area contributed by atoms with Crippen molar-refractivity contribution in [2.75, 3.05) is 19.8 Å². The highest BCUT2D eigenvalue weighted by Crippen LogP contribution is 2.12. The summed E-state index contributed by atoms with van der Waals surface area (Å²) in [5, 5.41) is 0. The molecule has 1 aliphatic heterocycles. The zero-order valence-corrected chi connectivity index (χ0v) is 10.3. The van der Waals surface area contributed by atoms with Crippen LogP contribution in [0.4, 0.5) is 0 Å². The van der Waals surface area contributed by atoms with E-state index in [1.54, 1.807) is 0 Å². The predicted octanol–water partition coefficient (Wildman–Crippen LogP) is 2.65. The van der Waals surface area contributed by atoms with Gasteiger partial charge in [0.1, 0.15) is 12.6 Å². The largest absolute Gasteiger partial charge is 0.475 e. The van der Waals surface area contributed by atoms with Crippen LogP contribution in [0.3, 0.4) is 0 Å². The van der Waals surface area contributed by atoms with Gasteiger partial charge in [-0.3, -0.25) is 0 Å². The maximum atomic E-state index is 5.58. The quantitative estimate of drug-likeness (QED) is 0.707. The van der Waals surface area contributed by atoms with E-state index in [1.807, 2.05) is 30.3 Å². The fraction of sp³-hybridized carbons (Fsp3) is 0.500. The second-order valence-electron chi connectivity index (χ2n) is 4.19. The van der Waals surface area contributed by atoms with Gasteiger partial charge < -0.3 is 9.47 Å². The van der Waals surface area contributed by atoms with Crippen molar-refractivity contribution in [3.63, 3.8) is 0 Å². The summed E-state index contributed by atoms with van der Waals surface area (Å²) >= 11 is 0. The van der Waals surface area contributed by atoms with Crippen LogP contribution in [0.1, 0.15) is 25.3 Å². The first-order chi connectivity index (χ1) is 8.40. The van der Waals surface area contributed by atoms with Crippen LogP contribution >= 0.6 is 0 Å². The molecule has 1 unspecified atom stereocenters. The third-order valence-corrected chi connectivity index (χ3v) is 2.69. The maximum Gasteiger partial charge on any atom is 0.216 e. The zero-order valence-electron chi connectivity index (χ0n) is 10.3. The van der Waals surface area contributed by atoms with Crippen molar-refractivity contribution in [1.29, 1.82) is 0 Å². The highest BCUT2D eigenvalue weighted by molar-refractivity contribution is 5.95. The molecule has 17 heavy (non-hydrogen) atoms. The molecule has 1 heterocycles. The van der Waals surface area contributed by atoms with E-state index in [2.05, 4.69) is 11.9 Å². The van der Waals surface area contributed by atoms with E-state index in [-0.39, 0.29) is 6.04 Å². The van der Waals surface area contributed by atoms with Crippen LogP contribution in [0.15, 0.2) is 35.3 Å². The van der Waals surface area contributed by atoms with Gasteiger partial charge in [-0.1, -0.05) is 31.5 Å². The third kappa shape index (κ3) is 3.56. The fourth-order valence-corrected chi connectivity index (χ4v) is 1.71. The van der Waals surface area contributed by atoms with Crippen LogP contribution in [-0.2, 0) is 9.47 Å². The summed E-state index contributed by atoms with van der Waals surface area (Å²) in [6.07, 6.45) is 2.28.